The number of carbonyl (C=O) groups is 2. The van der Waals surface area contributed by atoms with E-state index in [1.54, 1.807) is 31.4 Å². The van der Waals surface area contributed by atoms with Crippen LogP contribution in [0.3, 0.4) is 0 Å². The number of rotatable bonds is 7. The van der Waals surface area contributed by atoms with E-state index in [4.69, 9.17) is 10.00 Å². The Hall–Kier alpha value is -3.33. The summed E-state index contributed by atoms with van der Waals surface area (Å²) < 4.78 is 5.26. The summed E-state index contributed by atoms with van der Waals surface area (Å²) in [4.78, 5) is 27.8. The lowest BCUT2D eigenvalue weighted by Crippen LogP contribution is -2.47. The molecule has 0 saturated carbocycles. The summed E-state index contributed by atoms with van der Waals surface area (Å²) in [5.74, 6) is 0.351. The normalized spacial score (nSPS) is 18.6. The smallest absolute Gasteiger partial charge is 0.229 e. The highest BCUT2D eigenvalue weighted by molar-refractivity contribution is 5.94. The van der Waals surface area contributed by atoms with E-state index in [1.807, 2.05) is 29.2 Å². The molecule has 156 valence electrons. The molecule has 2 atom stereocenters. The number of hydrogen-bond acceptors (Lipinski definition) is 4. The first kappa shape index (κ1) is 21.4. The van der Waals surface area contributed by atoms with Crippen molar-refractivity contribution in [2.75, 3.05) is 19.0 Å². The molecule has 1 aliphatic rings. The van der Waals surface area contributed by atoms with Crippen molar-refractivity contribution >= 4 is 17.5 Å². The number of amides is 2. The van der Waals surface area contributed by atoms with Crippen LogP contribution in [0.15, 0.2) is 48.5 Å². The summed E-state index contributed by atoms with van der Waals surface area (Å²) >= 11 is 0. The molecule has 6 heteroatoms. The Morgan fingerprint density at radius 1 is 1.20 bits per heavy atom. The zero-order chi connectivity index (χ0) is 21.5. The second kappa shape index (κ2) is 9.93. The van der Waals surface area contributed by atoms with Crippen LogP contribution in [0.25, 0.3) is 0 Å². The summed E-state index contributed by atoms with van der Waals surface area (Å²) in [6.45, 7) is 2.72. The van der Waals surface area contributed by atoms with Gasteiger partial charge in [-0.3, -0.25) is 9.59 Å². The van der Waals surface area contributed by atoms with Gasteiger partial charge in [-0.1, -0.05) is 25.5 Å². The fraction of sp³-hybridized carbons (Fsp3) is 0.375. The second-order valence-corrected chi connectivity index (χ2v) is 7.48. The van der Waals surface area contributed by atoms with E-state index in [1.165, 1.54) is 0 Å². The summed E-state index contributed by atoms with van der Waals surface area (Å²) in [7, 11) is 1.61. The predicted molar refractivity (Wildman–Crippen MR) is 115 cm³/mol. The van der Waals surface area contributed by atoms with Crippen molar-refractivity contribution in [3.63, 3.8) is 0 Å². The molecule has 6 nitrogen and oxygen atoms in total. The lowest BCUT2D eigenvalue weighted by atomic mass is 9.83. The van der Waals surface area contributed by atoms with Crippen LogP contribution in [0.2, 0.25) is 0 Å². The largest absolute Gasteiger partial charge is 0.497 e. The summed E-state index contributed by atoms with van der Waals surface area (Å²) in [5.41, 5.74) is 2.11. The van der Waals surface area contributed by atoms with Gasteiger partial charge in [0, 0.05) is 18.7 Å². The van der Waals surface area contributed by atoms with Crippen molar-refractivity contribution < 1.29 is 14.3 Å². The lowest BCUT2D eigenvalue weighted by Gasteiger charge is -2.41. The van der Waals surface area contributed by atoms with Crippen molar-refractivity contribution in [1.29, 1.82) is 5.26 Å². The molecule has 1 aliphatic heterocycles. The van der Waals surface area contributed by atoms with E-state index in [0.29, 0.717) is 30.6 Å². The number of piperidine rings is 1. The van der Waals surface area contributed by atoms with Gasteiger partial charge in [0.2, 0.25) is 11.8 Å². The summed E-state index contributed by atoms with van der Waals surface area (Å²) in [6.07, 6.45) is 2.73. The number of unbranched alkanes of at least 4 members (excludes halogenated alkanes) is 1. The Balaban J connectivity index is 1.88. The Labute approximate surface area is 177 Å². The van der Waals surface area contributed by atoms with Gasteiger partial charge in [-0.15, -0.1) is 0 Å². The monoisotopic (exact) mass is 405 g/mol. The van der Waals surface area contributed by atoms with E-state index in [0.717, 1.165) is 24.2 Å². The molecule has 0 radical (unpaired) electrons. The number of methoxy groups -OCH3 is 1. The third-order valence-corrected chi connectivity index (χ3v) is 5.53. The van der Waals surface area contributed by atoms with Crippen LogP contribution in [0.5, 0.6) is 5.75 Å². The Bertz CT molecular complexity index is 916. The van der Waals surface area contributed by atoms with Crippen molar-refractivity contribution in [2.45, 2.75) is 38.6 Å². The molecule has 0 aromatic heterocycles. The number of nitrogens with one attached hydrogen (secondary N) is 1. The van der Waals surface area contributed by atoms with Gasteiger partial charge in [-0.2, -0.15) is 5.26 Å². The Morgan fingerprint density at radius 3 is 2.50 bits per heavy atom. The highest BCUT2D eigenvalue weighted by atomic mass is 16.5. The first-order valence-corrected chi connectivity index (χ1v) is 10.3. The van der Waals surface area contributed by atoms with Gasteiger partial charge in [0.05, 0.1) is 30.7 Å². The average molecular weight is 405 g/mol. The van der Waals surface area contributed by atoms with Crippen LogP contribution >= 0.6 is 0 Å². The van der Waals surface area contributed by atoms with Gasteiger partial charge in [0.1, 0.15) is 5.75 Å². The molecule has 1 heterocycles. The van der Waals surface area contributed by atoms with Crippen molar-refractivity contribution in [3.8, 4) is 11.8 Å². The molecule has 0 spiro atoms. The number of benzene rings is 2. The van der Waals surface area contributed by atoms with Gasteiger partial charge in [-0.05, 0) is 54.8 Å². The predicted octanol–water partition coefficient (Wildman–Crippen LogP) is 4.29. The fourth-order valence-corrected chi connectivity index (χ4v) is 3.90. The van der Waals surface area contributed by atoms with Crippen molar-refractivity contribution in [2.24, 2.45) is 5.92 Å². The Kier molecular flexibility index (Phi) is 7.08. The number of carbonyl (C=O) groups excluding carboxylic acids is 2. The van der Waals surface area contributed by atoms with E-state index < -0.39 is 0 Å². The third kappa shape index (κ3) is 4.80. The summed E-state index contributed by atoms with van der Waals surface area (Å²) in [6, 6.07) is 16.1. The standard InChI is InChI=1S/C24H27N3O3/c1-3-4-15-27-22(28)14-13-21(23(27)18-7-11-20(30-2)12-8-18)24(29)26-19-9-5-17(16-25)6-10-19/h5-12,21,23H,3-4,13-15H2,1-2H3,(H,26,29)/t21-,23+/m1/s1. The number of nitriles is 1. The molecule has 2 aromatic carbocycles. The van der Waals surface area contributed by atoms with E-state index in [-0.39, 0.29) is 23.8 Å². The molecule has 2 amide bonds. The molecule has 2 aromatic rings. The number of nitrogens with zero attached hydrogens (tertiary/aromatic N) is 2. The number of likely N-dealkylation sites (tertiary alicyclic amines) is 1. The van der Waals surface area contributed by atoms with E-state index in [2.05, 4.69) is 18.3 Å². The number of hydrogen-bond donors (Lipinski definition) is 1. The molecule has 1 fully saturated rings. The topological polar surface area (TPSA) is 82.4 Å². The van der Waals surface area contributed by atoms with Crippen LogP contribution in [-0.2, 0) is 9.59 Å². The van der Waals surface area contributed by atoms with Crippen molar-refractivity contribution in [3.05, 3.63) is 59.7 Å². The molecule has 30 heavy (non-hydrogen) atoms. The first-order valence-electron chi connectivity index (χ1n) is 10.3. The molecule has 0 aliphatic carbocycles. The Morgan fingerprint density at radius 2 is 1.90 bits per heavy atom. The molecule has 1 N–H and O–H groups in total. The van der Waals surface area contributed by atoms with Gasteiger partial charge < -0.3 is 15.0 Å². The minimum atomic E-state index is -0.358. The van der Waals surface area contributed by atoms with Crippen LogP contribution in [0.4, 0.5) is 5.69 Å². The average Bonchev–Trinajstić information content (AvgIpc) is 2.78. The number of anilines is 1. The zero-order valence-electron chi connectivity index (χ0n) is 17.4. The minimum absolute atomic E-state index is 0.0895. The molecular weight excluding hydrogens is 378 g/mol. The highest BCUT2D eigenvalue weighted by Crippen LogP contribution is 2.38. The SMILES string of the molecule is CCCCN1C(=O)CC[C@@H](C(=O)Nc2ccc(C#N)cc2)[C@@H]1c1ccc(OC)cc1. The van der Waals surface area contributed by atoms with Crippen molar-refractivity contribution in [1.82, 2.24) is 4.90 Å². The molecule has 0 bridgehead atoms. The maximum atomic E-state index is 13.2. The van der Waals surface area contributed by atoms with Crippen LogP contribution in [0.1, 0.15) is 49.8 Å². The molecule has 0 unspecified atom stereocenters. The van der Waals surface area contributed by atoms with Crippen LogP contribution in [0, 0.1) is 17.2 Å². The third-order valence-electron chi connectivity index (χ3n) is 5.53. The van der Waals surface area contributed by atoms with Gasteiger partial charge >= 0.3 is 0 Å². The van der Waals surface area contributed by atoms with E-state index in [9.17, 15) is 9.59 Å². The highest BCUT2D eigenvalue weighted by Gasteiger charge is 2.40. The van der Waals surface area contributed by atoms with Gasteiger partial charge in [-0.25, -0.2) is 0 Å². The lowest BCUT2D eigenvalue weighted by molar-refractivity contribution is -0.142. The quantitative estimate of drug-likeness (QED) is 0.745. The minimum Gasteiger partial charge on any atom is -0.497 e. The zero-order valence-corrected chi connectivity index (χ0v) is 17.4. The molecule has 3 rings (SSSR count). The second-order valence-electron chi connectivity index (χ2n) is 7.48. The van der Waals surface area contributed by atoms with Crippen LogP contribution < -0.4 is 10.1 Å². The maximum Gasteiger partial charge on any atom is 0.229 e. The first-order chi connectivity index (χ1) is 14.6. The molecule has 1 saturated heterocycles. The van der Waals surface area contributed by atoms with Crippen LogP contribution in [-0.4, -0.2) is 30.4 Å². The number of ether oxygens (including phenoxy) is 1. The fourth-order valence-electron chi connectivity index (χ4n) is 3.90. The molecular formula is C24H27N3O3. The maximum absolute atomic E-state index is 13.2. The van der Waals surface area contributed by atoms with Gasteiger partial charge in [0.25, 0.3) is 0 Å². The summed E-state index contributed by atoms with van der Waals surface area (Å²) in [5, 5.41) is 11.9. The van der Waals surface area contributed by atoms with Gasteiger partial charge in [0.15, 0.2) is 0 Å². The van der Waals surface area contributed by atoms with E-state index >= 15 is 0 Å².